The minimum absolute atomic E-state index is 0.208. The van der Waals surface area contributed by atoms with Crippen molar-refractivity contribution in [1.82, 2.24) is 4.90 Å². The van der Waals surface area contributed by atoms with Gasteiger partial charge in [-0.25, -0.2) is 0 Å². The maximum Gasteiger partial charge on any atom is 0.0759 e. The maximum absolute atomic E-state index is 10.2. The fourth-order valence-electron chi connectivity index (χ4n) is 4.10. The molecule has 3 aliphatic rings. The highest BCUT2D eigenvalue weighted by atomic mass is 16.5. The number of hydrogen-bond acceptors (Lipinski definition) is 3. The molecule has 3 heteroatoms. The van der Waals surface area contributed by atoms with Gasteiger partial charge in [-0.1, -0.05) is 30.3 Å². The third-order valence-corrected chi connectivity index (χ3v) is 4.87. The topological polar surface area (TPSA) is 32.7 Å². The second-order valence-electron chi connectivity index (χ2n) is 5.89. The summed E-state index contributed by atoms with van der Waals surface area (Å²) < 4.78 is 5.84. The zero-order valence-electron chi connectivity index (χ0n) is 10.4. The number of ether oxygens (including phenoxy) is 1. The largest absolute Gasteiger partial charge is 0.391 e. The first-order valence-corrected chi connectivity index (χ1v) is 6.92. The molecule has 0 aliphatic carbocycles. The first-order chi connectivity index (χ1) is 8.83. The summed E-state index contributed by atoms with van der Waals surface area (Å²) >= 11 is 0. The van der Waals surface area contributed by atoms with E-state index in [9.17, 15) is 5.11 Å². The highest BCUT2D eigenvalue weighted by Gasteiger charge is 2.55. The molecule has 3 nitrogen and oxygen atoms in total. The van der Waals surface area contributed by atoms with Crippen LogP contribution in [0.4, 0.5) is 0 Å². The molecular weight excluding hydrogens is 226 g/mol. The van der Waals surface area contributed by atoms with E-state index in [-0.39, 0.29) is 12.2 Å². The van der Waals surface area contributed by atoms with Gasteiger partial charge in [0.1, 0.15) is 0 Å². The average molecular weight is 245 g/mol. The zero-order valence-corrected chi connectivity index (χ0v) is 10.4. The number of aliphatic hydroxyl groups excluding tert-OH is 1. The number of rotatable bonds is 2. The van der Waals surface area contributed by atoms with Crippen molar-refractivity contribution in [3.05, 3.63) is 35.9 Å². The fraction of sp³-hybridized carbons (Fsp3) is 0.600. The molecule has 3 fully saturated rings. The van der Waals surface area contributed by atoms with Gasteiger partial charge in [-0.2, -0.15) is 0 Å². The van der Waals surface area contributed by atoms with Crippen LogP contribution in [0, 0.1) is 5.92 Å². The van der Waals surface area contributed by atoms with Crippen LogP contribution in [0.5, 0.6) is 0 Å². The van der Waals surface area contributed by atoms with E-state index < -0.39 is 0 Å². The van der Waals surface area contributed by atoms with Crippen molar-refractivity contribution < 1.29 is 9.84 Å². The van der Waals surface area contributed by atoms with Crippen LogP contribution >= 0.6 is 0 Å². The van der Waals surface area contributed by atoms with Gasteiger partial charge in [-0.05, 0) is 12.0 Å². The van der Waals surface area contributed by atoms with E-state index in [1.807, 2.05) is 0 Å². The van der Waals surface area contributed by atoms with Crippen molar-refractivity contribution >= 4 is 0 Å². The molecular formula is C15H19NO2. The number of nitrogens with zero attached hydrogens (tertiary/aromatic N) is 1. The standard InChI is InChI=1S/C15H19NO2/c17-13-7-14-15-11(9-18-14)6-12(13)16(15)8-10-4-2-1-3-5-10/h1-5,11-15,17H,6-9H2/t11-,12+,13+,14-,15-/m0/s1. The van der Waals surface area contributed by atoms with Crippen LogP contribution in [0.1, 0.15) is 18.4 Å². The normalized spacial score (nSPS) is 42.4. The maximum atomic E-state index is 10.2. The summed E-state index contributed by atoms with van der Waals surface area (Å²) in [5.41, 5.74) is 1.34. The molecule has 96 valence electrons. The van der Waals surface area contributed by atoms with E-state index in [0.29, 0.717) is 18.0 Å². The van der Waals surface area contributed by atoms with E-state index in [4.69, 9.17) is 4.74 Å². The Morgan fingerprint density at radius 2 is 2.06 bits per heavy atom. The molecule has 1 aromatic rings. The summed E-state index contributed by atoms with van der Waals surface area (Å²) in [6.45, 7) is 1.84. The lowest BCUT2D eigenvalue weighted by Crippen LogP contribution is -2.53. The molecule has 0 amide bonds. The van der Waals surface area contributed by atoms with Crippen molar-refractivity contribution in [2.24, 2.45) is 5.92 Å². The van der Waals surface area contributed by atoms with Crippen molar-refractivity contribution in [3.8, 4) is 0 Å². The zero-order chi connectivity index (χ0) is 12.1. The monoisotopic (exact) mass is 245 g/mol. The molecule has 1 N–H and O–H groups in total. The lowest BCUT2D eigenvalue weighted by atomic mass is 9.96. The first-order valence-electron chi connectivity index (χ1n) is 6.92. The molecule has 0 saturated carbocycles. The summed E-state index contributed by atoms with van der Waals surface area (Å²) in [5, 5.41) is 10.2. The Labute approximate surface area is 107 Å². The fourth-order valence-corrected chi connectivity index (χ4v) is 4.10. The SMILES string of the molecule is O[C@@H]1C[C@@H]2OC[C@@H]3C[C@H]1N(Cc1ccccc1)[C@@H]32. The van der Waals surface area contributed by atoms with Crippen LogP contribution in [0.2, 0.25) is 0 Å². The number of benzene rings is 1. The highest BCUT2D eigenvalue weighted by molar-refractivity contribution is 5.17. The van der Waals surface area contributed by atoms with Crippen LogP contribution in [0.15, 0.2) is 30.3 Å². The second-order valence-corrected chi connectivity index (χ2v) is 5.89. The Hall–Kier alpha value is -0.900. The number of fused-ring (bicyclic) bond motifs is 1. The third kappa shape index (κ3) is 1.54. The van der Waals surface area contributed by atoms with Gasteiger partial charge in [-0.15, -0.1) is 0 Å². The molecule has 0 aromatic heterocycles. The summed E-state index contributed by atoms with van der Waals surface area (Å²) in [4.78, 5) is 2.49. The van der Waals surface area contributed by atoms with Crippen LogP contribution < -0.4 is 0 Å². The van der Waals surface area contributed by atoms with E-state index in [1.165, 1.54) is 5.56 Å². The van der Waals surface area contributed by atoms with Crippen LogP contribution in [-0.2, 0) is 11.3 Å². The molecule has 5 atom stereocenters. The van der Waals surface area contributed by atoms with E-state index in [2.05, 4.69) is 35.2 Å². The summed E-state index contributed by atoms with van der Waals surface area (Å²) in [5.74, 6) is 0.640. The first kappa shape index (κ1) is 11.0. The molecule has 0 spiro atoms. The third-order valence-electron chi connectivity index (χ3n) is 4.87. The van der Waals surface area contributed by atoms with Crippen LogP contribution in [0.3, 0.4) is 0 Å². The van der Waals surface area contributed by atoms with Gasteiger partial charge in [-0.3, -0.25) is 4.90 Å². The highest BCUT2D eigenvalue weighted by Crippen LogP contribution is 2.45. The van der Waals surface area contributed by atoms with Gasteiger partial charge >= 0.3 is 0 Å². The summed E-state index contributed by atoms with van der Waals surface area (Å²) in [7, 11) is 0. The predicted octanol–water partition coefficient (Wildman–Crippen LogP) is 1.41. The Kier molecular flexibility index (Phi) is 2.47. The molecule has 4 rings (SSSR count). The summed E-state index contributed by atoms with van der Waals surface area (Å²) in [6.07, 6.45) is 1.99. The van der Waals surface area contributed by atoms with Gasteiger partial charge in [0, 0.05) is 31.0 Å². The Morgan fingerprint density at radius 3 is 2.89 bits per heavy atom. The van der Waals surface area contributed by atoms with Crippen molar-refractivity contribution in [2.75, 3.05) is 6.61 Å². The van der Waals surface area contributed by atoms with Crippen molar-refractivity contribution in [2.45, 2.75) is 43.7 Å². The van der Waals surface area contributed by atoms with Crippen molar-refractivity contribution in [3.63, 3.8) is 0 Å². The van der Waals surface area contributed by atoms with E-state index >= 15 is 0 Å². The van der Waals surface area contributed by atoms with Crippen LogP contribution in [-0.4, -0.2) is 40.9 Å². The molecule has 0 radical (unpaired) electrons. The van der Waals surface area contributed by atoms with Gasteiger partial charge < -0.3 is 9.84 Å². The second kappa shape index (κ2) is 4.05. The average Bonchev–Trinajstić information content (AvgIpc) is 2.88. The Bertz CT molecular complexity index is 435. The molecule has 3 heterocycles. The Balaban J connectivity index is 1.61. The summed E-state index contributed by atoms with van der Waals surface area (Å²) in [6, 6.07) is 11.5. The van der Waals surface area contributed by atoms with Crippen molar-refractivity contribution in [1.29, 1.82) is 0 Å². The van der Waals surface area contributed by atoms with E-state index in [0.717, 1.165) is 26.0 Å². The molecule has 2 bridgehead atoms. The molecule has 3 aliphatic heterocycles. The van der Waals surface area contributed by atoms with Crippen LogP contribution in [0.25, 0.3) is 0 Å². The number of hydrogen-bond donors (Lipinski definition) is 1. The van der Waals surface area contributed by atoms with Gasteiger partial charge in [0.15, 0.2) is 0 Å². The molecule has 3 saturated heterocycles. The minimum Gasteiger partial charge on any atom is -0.391 e. The number of piperidine rings is 1. The van der Waals surface area contributed by atoms with Gasteiger partial charge in [0.25, 0.3) is 0 Å². The predicted molar refractivity (Wildman–Crippen MR) is 68.0 cm³/mol. The minimum atomic E-state index is -0.208. The molecule has 0 unspecified atom stereocenters. The number of aliphatic hydroxyl groups is 1. The smallest absolute Gasteiger partial charge is 0.0759 e. The molecule has 1 aromatic carbocycles. The van der Waals surface area contributed by atoms with Gasteiger partial charge in [0.2, 0.25) is 0 Å². The van der Waals surface area contributed by atoms with Gasteiger partial charge in [0.05, 0.1) is 18.8 Å². The lowest BCUT2D eigenvalue weighted by molar-refractivity contribution is -0.0634. The molecule has 18 heavy (non-hydrogen) atoms. The van der Waals surface area contributed by atoms with E-state index in [1.54, 1.807) is 0 Å². The Morgan fingerprint density at radius 1 is 1.22 bits per heavy atom. The quantitative estimate of drug-likeness (QED) is 0.855. The lowest BCUT2D eigenvalue weighted by Gasteiger charge is -2.40.